The lowest BCUT2D eigenvalue weighted by Gasteiger charge is -2.24. The standard InChI is InChI=1S/C20H32O2/c1-13(2)12-21-18-9-8-16(11-17(18)20(5,6)7)10-14(3)19-15(4)22-19/h8-9,11,13-15,19H,10,12H2,1-7H3. The van der Waals surface area contributed by atoms with Crippen LogP contribution in [0.25, 0.3) is 0 Å². The van der Waals surface area contributed by atoms with Crippen LogP contribution in [0.3, 0.4) is 0 Å². The van der Waals surface area contributed by atoms with Gasteiger partial charge in [0.05, 0.1) is 18.8 Å². The van der Waals surface area contributed by atoms with Gasteiger partial charge in [0.25, 0.3) is 0 Å². The summed E-state index contributed by atoms with van der Waals surface area (Å²) in [6, 6.07) is 6.70. The van der Waals surface area contributed by atoms with Gasteiger partial charge >= 0.3 is 0 Å². The van der Waals surface area contributed by atoms with Gasteiger partial charge in [-0.05, 0) is 47.8 Å². The first-order chi connectivity index (χ1) is 10.2. The van der Waals surface area contributed by atoms with Crippen molar-refractivity contribution in [1.82, 2.24) is 0 Å². The molecule has 1 saturated heterocycles. The predicted octanol–water partition coefficient (Wildman–Crippen LogP) is 4.98. The SMILES string of the molecule is CC(C)COc1ccc(CC(C)C2OC2C)cc1C(C)(C)C. The molecule has 0 N–H and O–H groups in total. The molecule has 22 heavy (non-hydrogen) atoms. The summed E-state index contributed by atoms with van der Waals surface area (Å²) in [5.74, 6) is 2.15. The second-order valence-corrected chi connectivity index (χ2v) is 8.27. The molecule has 1 aliphatic rings. The third-order valence-corrected chi connectivity index (χ3v) is 4.30. The third-order valence-electron chi connectivity index (χ3n) is 4.30. The first kappa shape index (κ1) is 17.3. The summed E-state index contributed by atoms with van der Waals surface area (Å²) in [5, 5.41) is 0. The van der Waals surface area contributed by atoms with E-state index in [1.165, 1.54) is 11.1 Å². The molecule has 1 aliphatic heterocycles. The Morgan fingerprint density at radius 2 is 1.82 bits per heavy atom. The second kappa shape index (κ2) is 6.62. The highest BCUT2D eigenvalue weighted by Gasteiger charge is 2.38. The summed E-state index contributed by atoms with van der Waals surface area (Å²) in [4.78, 5) is 0. The van der Waals surface area contributed by atoms with Gasteiger partial charge in [-0.25, -0.2) is 0 Å². The molecule has 2 heteroatoms. The van der Waals surface area contributed by atoms with Crippen molar-refractivity contribution in [1.29, 1.82) is 0 Å². The summed E-state index contributed by atoms with van der Waals surface area (Å²) in [5.41, 5.74) is 2.79. The van der Waals surface area contributed by atoms with Crippen molar-refractivity contribution < 1.29 is 9.47 Å². The van der Waals surface area contributed by atoms with Crippen molar-refractivity contribution in [3.63, 3.8) is 0 Å². The first-order valence-corrected chi connectivity index (χ1v) is 8.60. The zero-order valence-corrected chi connectivity index (χ0v) is 15.3. The van der Waals surface area contributed by atoms with Gasteiger partial charge in [0.15, 0.2) is 0 Å². The van der Waals surface area contributed by atoms with Crippen LogP contribution < -0.4 is 4.74 Å². The largest absolute Gasteiger partial charge is 0.493 e. The zero-order valence-electron chi connectivity index (χ0n) is 15.3. The summed E-state index contributed by atoms with van der Waals surface area (Å²) in [7, 11) is 0. The molecule has 2 nitrogen and oxygen atoms in total. The maximum atomic E-state index is 6.04. The zero-order chi connectivity index (χ0) is 16.5. The number of benzene rings is 1. The van der Waals surface area contributed by atoms with Gasteiger partial charge in [-0.15, -0.1) is 0 Å². The Morgan fingerprint density at radius 1 is 1.18 bits per heavy atom. The molecular formula is C20H32O2. The van der Waals surface area contributed by atoms with E-state index >= 15 is 0 Å². The predicted molar refractivity (Wildman–Crippen MR) is 92.7 cm³/mol. The smallest absolute Gasteiger partial charge is 0.123 e. The minimum atomic E-state index is 0.0922. The van der Waals surface area contributed by atoms with Crippen molar-refractivity contribution in [2.24, 2.45) is 11.8 Å². The van der Waals surface area contributed by atoms with E-state index in [-0.39, 0.29) is 5.41 Å². The van der Waals surface area contributed by atoms with E-state index in [1.807, 2.05) is 0 Å². The molecule has 0 spiro atoms. The molecule has 1 aromatic carbocycles. The lowest BCUT2D eigenvalue weighted by Crippen LogP contribution is -2.16. The highest BCUT2D eigenvalue weighted by atomic mass is 16.6. The Morgan fingerprint density at radius 3 is 2.32 bits per heavy atom. The van der Waals surface area contributed by atoms with E-state index in [9.17, 15) is 0 Å². The van der Waals surface area contributed by atoms with Crippen molar-refractivity contribution in [2.75, 3.05) is 6.61 Å². The summed E-state index contributed by atoms with van der Waals surface area (Å²) < 4.78 is 11.6. The number of rotatable bonds is 6. The fraction of sp³-hybridized carbons (Fsp3) is 0.700. The molecule has 0 radical (unpaired) electrons. The summed E-state index contributed by atoms with van der Waals surface area (Å²) in [6.07, 6.45) is 1.95. The maximum absolute atomic E-state index is 6.04. The molecule has 0 saturated carbocycles. The lowest BCUT2D eigenvalue weighted by atomic mass is 9.84. The van der Waals surface area contributed by atoms with E-state index in [1.54, 1.807) is 0 Å². The fourth-order valence-electron chi connectivity index (χ4n) is 2.96. The third kappa shape index (κ3) is 4.49. The van der Waals surface area contributed by atoms with Gasteiger partial charge < -0.3 is 9.47 Å². The number of ether oxygens (including phenoxy) is 2. The molecule has 3 unspecified atom stereocenters. The van der Waals surface area contributed by atoms with Gasteiger partial charge in [-0.2, -0.15) is 0 Å². The number of hydrogen-bond donors (Lipinski definition) is 0. The van der Waals surface area contributed by atoms with Crippen molar-refractivity contribution in [3.05, 3.63) is 29.3 Å². The fourth-order valence-corrected chi connectivity index (χ4v) is 2.96. The first-order valence-electron chi connectivity index (χ1n) is 8.60. The quantitative estimate of drug-likeness (QED) is 0.691. The molecular weight excluding hydrogens is 272 g/mol. The van der Waals surface area contributed by atoms with Crippen LogP contribution in [0.4, 0.5) is 0 Å². The molecule has 0 aromatic heterocycles. The topological polar surface area (TPSA) is 21.8 Å². The minimum Gasteiger partial charge on any atom is -0.493 e. The van der Waals surface area contributed by atoms with Gasteiger partial charge in [-0.1, -0.05) is 53.7 Å². The summed E-state index contributed by atoms with van der Waals surface area (Å²) in [6.45, 7) is 16.3. The molecule has 1 heterocycles. The van der Waals surface area contributed by atoms with Gasteiger partial charge in [-0.3, -0.25) is 0 Å². The molecule has 1 fully saturated rings. The molecule has 2 rings (SSSR count). The van der Waals surface area contributed by atoms with Crippen LogP contribution in [0.5, 0.6) is 5.75 Å². The molecule has 124 valence electrons. The molecule has 0 bridgehead atoms. The Labute approximate surface area is 136 Å². The normalized spacial score (nSPS) is 22.7. The Hall–Kier alpha value is -1.02. The molecule has 0 aliphatic carbocycles. The lowest BCUT2D eigenvalue weighted by molar-refractivity contribution is 0.264. The van der Waals surface area contributed by atoms with Gasteiger partial charge in [0.1, 0.15) is 5.75 Å². The van der Waals surface area contributed by atoms with Gasteiger partial charge in [0.2, 0.25) is 0 Å². The Bertz CT molecular complexity index is 499. The van der Waals surface area contributed by atoms with Crippen LogP contribution in [-0.2, 0) is 16.6 Å². The maximum Gasteiger partial charge on any atom is 0.123 e. The van der Waals surface area contributed by atoms with Crippen LogP contribution in [0, 0.1) is 11.8 Å². The highest BCUT2D eigenvalue weighted by molar-refractivity contribution is 5.42. The van der Waals surface area contributed by atoms with E-state index in [2.05, 4.69) is 66.7 Å². The summed E-state index contributed by atoms with van der Waals surface area (Å²) >= 11 is 0. The van der Waals surface area contributed by atoms with Crippen molar-refractivity contribution >= 4 is 0 Å². The van der Waals surface area contributed by atoms with E-state index in [4.69, 9.17) is 9.47 Å². The van der Waals surface area contributed by atoms with Crippen LogP contribution in [0.1, 0.15) is 59.6 Å². The van der Waals surface area contributed by atoms with Crippen LogP contribution >= 0.6 is 0 Å². The molecule has 0 amide bonds. The van der Waals surface area contributed by atoms with Crippen LogP contribution in [0.2, 0.25) is 0 Å². The highest BCUT2D eigenvalue weighted by Crippen LogP contribution is 2.35. The Kier molecular flexibility index (Phi) is 5.21. The number of epoxide rings is 1. The van der Waals surface area contributed by atoms with Crippen molar-refractivity contribution in [2.45, 2.75) is 72.5 Å². The average Bonchev–Trinajstić information content (AvgIpc) is 3.13. The minimum absolute atomic E-state index is 0.0922. The van der Waals surface area contributed by atoms with Crippen LogP contribution in [0.15, 0.2) is 18.2 Å². The number of hydrogen-bond acceptors (Lipinski definition) is 2. The second-order valence-electron chi connectivity index (χ2n) is 8.27. The van der Waals surface area contributed by atoms with E-state index in [0.29, 0.717) is 24.0 Å². The molecule has 3 atom stereocenters. The monoisotopic (exact) mass is 304 g/mol. The van der Waals surface area contributed by atoms with Crippen molar-refractivity contribution in [3.8, 4) is 5.75 Å². The van der Waals surface area contributed by atoms with E-state index in [0.717, 1.165) is 18.8 Å². The Balaban J connectivity index is 2.15. The average molecular weight is 304 g/mol. The van der Waals surface area contributed by atoms with Crippen LogP contribution in [-0.4, -0.2) is 18.8 Å². The van der Waals surface area contributed by atoms with E-state index < -0.39 is 0 Å². The molecule has 1 aromatic rings. The van der Waals surface area contributed by atoms with Gasteiger partial charge in [0, 0.05) is 0 Å².